The summed E-state index contributed by atoms with van der Waals surface area (Å²) in [5.74, 6) is 0.717. The predicted molar refractivity (Wildman–Crippen MR) is 96.4 cm³/mol. The van der Waals surface area contributed by atoms with Gasteiger partial charge in [0.2, 0.25) is 0 Å². The molecule has 0 saturated heterocycles. The second-order valence-electron chi connectivity index (χ2n) is 6.87. The second-order valence-corrected chi connectivity index (χ2v) is 8.15. The summed E-state index contributed by atoms with van der Waals surface area (Å²) >= 11 is 17.4. The van der Waals surface area contributed by atoms with E-state index in [4.69, 9.17) is 35.4 Å². The first-order valence-electron chi connectivity index (χ1n) is 7.27. The van der Waals surface area contributed by atoms with Crippen LogP contribution in [0.1, 0.15) is 40.0 Å². The average Bonchev–Trinajstić information content (AvgIpc) is 2.22. The van der Waals surface area contributed by atoms with E-state index < -0.39 is 0 Å². The SMILES string of the molecule is CC1CC(NC(=S)Nc2cc(Cl)cc(Cl)c2)CC(C)(C)C1. The zero-order valence-corrected chi connectivity index (χ0v) is 15.0. The van der Waals surface area contributed by atoms with Gasteiger partial charge >= 0.3 is 0 Å². The first-order chi connectivity index (χ1) is 9.73. The monoisotopic (exact) mass is 344 g/mol. The molecule has 1 aliphatic carbocycles. The van der Waals surface area contributed by atoms with E-state index in [1.54, 1.807) is 6.07 Å². The van der Waals surface area contributed by atoms with Gasteiger partial charge in [0.05, 0.1) is 0 Å². The molecule has 21 heavy (non-hydrogen) atoms. The van der Waals surface area contributed by atoms with Crippen LogP contribution in [-0.4, -0.2) is 11.2 Å². The number of benzene rings is 1. The standard InChI is InChI=1S/C16H22Cl2N2S/c1-10-4-14(9-16(2,3)8-10)20-15(21)19-13-6-11(17)5-12(18)7-13/h5-7,10,14H,4,8-9H2,1-3H3,(H2,19,20,21). The smallest absolute Gasteiger partial charge is 0.170 e. The molecule has 0 radical (unpaired) electrons. The molecule has 2 unspecified atom stereocenters. The molecule has 2 nitrogen and oxygen atoms in total. The third kappa shape index (κ3) is 5.32. The fraction of sp³-hybridized carbons (Fsp3) is 0.562. The summed E-state index contributed by atoms with van der Waals surface area (Å²) in [4.78, 5) is 0. The van der Waals surface area contributed by atoms with Crippen molar-refractivity contribution in [3.8, 4) is 0 Å². The van der Waals surface area contributed by atoms with Crippen molar-refractivity contribution in [2.45, 2.75) is 46.1 Å². The Labute approximate surface area is 142 Å². The Morgan fingerprint density at radius 1 is 1.19 bits per heavy atom. The zero-order valence-electron chi connectivity index (χ0n) is 12.7. The number of hydrogen-bond donors (Lipinski definition) is 2. The maximum absolute atomic E-state index is 5.99. The topological polar surface area (TPSA) is 24.1 Å². The molecule has 1 fully saturated rings. The molecule has 2 N–H and O–H groups in total. The predicted octanol–water partition coefficient (Wildman–Crippen LogP) is 5.49. The fourth-order valence-electron chi connectivity index (χ4n) is 3.43. The van der Waals surface area contributed by atoms with Crippen LogP contribution in [0.15, 0.2) is 18.2 Å². The van der Waals surface area contributed by atoms with Crippen molar-refractivity contribution in [2.75, 3.05) is 5.32 Å². The third-order valence-electron chi connectivity index (χ3n) is 3.84. The van der Waals surface area contributed by atoms with Crippen molar-refractivity contribution in [1.82, 2.24) is 5.32 Å². The van der Waals surface area contributed by atoms with Crippen molar-refractivity contribution in [3.63, 3.8) is 0 Å². The third-order valence-corrected chi connectivity index (χ3v) is 4.50. The molecular formula is C16H22Cl2N2S. The molecular weight excluding hydrogens is 323 g/mol. The lowest BCUT2D eigenvalue weighted by atomic mass is 9.71. The first-order valence-corrected chi connectivity index (χ1v) is 8.43. The van der Waals surface area contributed by atoms with E-state index in [0.717, 1.165) is 24.4 Å². The largest absolute Gasteiger partial charge is 0.360 e. The summed E-state index contributed by atoms with van der Waals surface area (Å²) in [7, 11) is 0. The highest BCUT2D eigenvalue weighted by Gasteiger charge is 2.32. The Morgan fingerprint density at radius 3 is 2.38 bits per heavy atom. The van der Waals surface area contributed by atoms with Crippen LogP contribution in [0.4, 0.5) is 5.69 Å². The highest BCUT2D eigenvalue weighted by atomic mass is 35.5. The Hall–Kier alpha value is -0.510. The molecule has 0 heterocycles. The van der Waals surface area contributed by atoms with Crippen molar-refractivity contribution >= 4 is 46.2 Å². The van der Waals surface area contributed by atoms with Crippen LogP contribution in [0.2, 0.25) is 10.0 Å². The van der Waals surface area contributed by atoms with Gasteiger partial charge in [-0.3, -0.25) is 0 Å². The second kappa shape index (κ2) is 6.72. The first kappa shape index (κ1) is 16.9. The lowest BCUT2D eigenvalue weighted by molar-refractivity contribution is 0.162. The van der Waals surface area contributed by atoms with Gasteiger partial charge in [0.15, 0.2) is 5.11 Å². The van der Waals surface area contributed by atoms with Crippen LogP contribution in [0.5, 0.6) is 0 Å². The highest BCUT2D eigenvalue weighted by molar-refractivity contribution is 7.80. The molecule has 0 aromatic heterocycles. The van der Waals surface area contributed by atoms with Gasteiger partial charge in [0, 0.05) is 21.8 Å². The molecule has 1 aromatic carbocycles. The van der Waals surface area contributed by atoms with Crippen LogP contribution >= 0.6 is 35.4 Å². The van der Waals surface area contributed by atoms with Gasteiger partial charge in [-0.2, -0.15) is 0 Å². The summed E-state index contributed by atoms with van der Waals surface area (Å²) in [5.41, 5.74) is 1.18. The van der Waals surface area contributed by atoms with E-state index >= 15 is 0 Å². The fourth-order valence-corrected chi connectivity index (χ4v) is 4.25. The minimum Gasteiger partial charge on any atom is -0.360 e. The number of anilines is 1. The normalized spacial score (nSPS) is 24.4. The van der Waals surface area contributed by atoms with Gasteiger partial charge in [0.1, 0.15) is 0 Å². The summed E-state index contributed by atoms with van der Waals surface area (Å²) < 4.78 is 0. The van der Waals surface area contributed by atoms with Gasteiger partial charge in [0.25, 0.3) is 0 Å². The van der Waals surface area contributed by atoms with Gasteiger partial charge in [-0.15, -0.1) is 0 Å². The number of hydrogen-bond acceptors (Lipinski definition) is 1. The average molecular weight is 345 g/mol. The van der Waals surface area contributed by atoms with Crippen LogP contribution in [0, 0.1) is 11.3 Å². The van der Waals surface area contributed by atoms with Crippen molar-refractivity contribution < 1.29 is 0 Å². The van der Waals surface area contributed by atoms with E-state index in [-0.39, 0.29) is 0 Å². The van der Waals surface area contributed by atoms with Crippen molar-refractivity contribution in [2.24, 2.45) is 11.3 Å². The van der Waals surface area contributed by atoms with Crippen LogP contribution in [-0.2, 0) is 0 Å². The minimum absolute atomic E-state index is 0.365. The maximum atomic E-state index is 5.99. The van der Waals surface area contributed by atoms with Crippen LogP contribution in [0.3, 0.4) is 0 Å². The summed E-state index contributed by atoms with van der Waals surface area (Å²) in [6, 6.07) is 5.75. The molecule has 5 heteroatoms. The van der Waals surface area contributed by atoms with E-state index in [0.29, 0.717) is 26.6 Å². The van der Waals surface area contributed by atoms with E-state index in [1.807, 2.05) is 12.1 Å². The molecule has 0 aliphatic heterocycles. The van der Waals surface area contributed by atoms with E-state index in [2.05, 4.69) is 31.4 Å². The molecule has 0 amide bonds. The highest BCUT2D eigenvalue weighted by Crippen LogP contribution is 2.38. The Kier molecular flexibility index (Phi) is 5.39. The van der Waals surface area contributed by atoms with Crippen molar-refractivity contribution in [1.29, 1.82) is 0 Å². The van der Waals surface area contributed by atoms with Gasteiger partial charge in [-0.25, -0.2) is 0 Å². The molecule has 1 saturated carbocycles. The molecule has 116 valence electrons. The maximum Gasteiger partial charge on any atom is 0.170 e. The molecule has 0 bridgehead atoms. The number of rotatable bonds is 2. The van der Waals surface area contributed by atoms with Gasteiger partial charge in [-0.05, 0) is 61.0 Å². The molecule has 1 aliphatic rings. The van der Waals surface area contributed by atoms with E-state index in [9.17, 15) is 0 Å². The van der Waals surface area contributed by atoms with E-state index in [1.165, 1.54) is 6.42 Å². The number of thiocarbonyl (C=S) groups is 1. The van der Waals surface area contributed by atoms with Crippen LogP contribution < -0.4 is 10.6 Å². The number of halogens is 2. The molecule has 2 rings (SSSR count). The number of nitrogens with one attached hydrogen (secondary N) is 2. The minimum atomic E-state index is 0.365. The lowest BCUT2D eigenvalue weighted by Gasteiger charge is -2.39. The summed E-state index contributed by atoms with van der Waals surface area (Å²) in [6.07, 6.45) is 3.56. The Bertz CT molecular complexity index is 511. The van der Waals surface area contributed by atoms with Gasteiger partial charge in [-0.1, -0.05) is 44.0 Å². The molecule has 2 atom stereocenters. The Morgan fingerprint density at radius 2 is 1.81 bits per heavy atom. The van der Waals surface area contributed by atoms with Gasteiger partial charge < -0.3 is 10.6 Å². The van der Waals surface area contributed by atoms with Crippen LogP contribution in [0.25, 0.3) is 0 Å². The molecule has 0 spiro atoms. The quantitative estimate of drug-likeness (QED) is 0.693. The summed E-state index contributed by atoms with van der Waals surface area (Å²) in [6.45, 7) is 6.96. The summed E-state index contributed by atoms with van der Waals surface area (Å²) in [5, 5.41) is 8.41. The zero-order chi connectivity index (χ0) is 15.6. The lowest BCUT2D eigenvalue weighted by Crippen LogP contribution is -2.44. The Balaban J connectivity index is 1.95. The van der Waals surface area contributed by atoms with Crippen molar-refractivity contribution in [3.05, 3.63) is 28.2 Å². The molecule has 1 aromatic rings.